The summed E-state index contributed by atoms with van der Waals surface area (Å²) in [7, 11) is 0. The lowest BCUT2D eigenvalue weighted by Gasteiger charge is -2.41. The van der Waals surface area contributed by atoms with Gasteiger partial charge in [0.15, 0.2) is 0 Å². The summed E-state index contributed by atoms with van der Waals surface area (Å²) in [5.41, 5.74) is -0.662. The topological polar surface area (TPSA) is 125 Å². The van der Waals surface area contributed by atoms with Gasteiger partial charge in [-0.05, 0) is 31.2 Å². The molecule has 44 heavy (non-hydrogen) atoms. The lowest BCUT2D eigenvalue weighted by Crippen LogP contribution is -2.60. The van der Waals surface area contributed by atoms with Crippen LogP contribution >= 0.6 is 0 Å². The van der Waals surface area contributed by atoms with Crippen LogP contribution in [0, 0.1) is 17.8 Å². The highest BCUT2D eigenvalue weighted by atomic mass is 16.6. The van der Waals surface area contributed by atoms with Crippen molar-refractivity contribution in [2.24, 2.45) is 17.8 Å². The monoisotopic (exact) mass is 607 g/mol. The van der Waals surface area contributed by atoms with Crippen LogP contribution in [0.1, 0.15) is 65.0 Å². The van der Waals surface area contributed by atoms with E-state index in [4.69, 9.17) is 9.47 Å². The first-order valence-electron chi connectivity index (χ1n) is 15.9. The Bertz CT molecular complexity index is 1300. The first-order valence-corrected chi connectivity index (χ1v) is 15.9. The maximum Gasteiger partial charge on any atom is 0.313 e. The average Bonchev–Trinajstić information content (AvgIpc) is 3.64. The molecule has 8 atom stereocenters. The first kappa shape index (κ1) is 31.9. The van der Waals surface area contributed by atoms with E-state index in [1.165, 1.54) is 4.90 Å². The van der Waals surface area contributed by atoms with Crippen molar-refractivity contribution < 1.29 is 33.8 Å². The van der Waals surface area contributed by atoms with Gasteiger partial charge in [0.1, 0.15) is 23.7 Å². The molecule has 10 nitrogen and oxygen atoms in total. The molecule has 2 saturated heterocycles. The number of aliphatic hydroxyl groups excluding tert-OH is 1. The van der Waals surface area contributed by atoms with Crippen LogP contribution in [0.25, 0.3) is 0 Å². The van der Waals surface area contributed by atoms with Gasteiger partial charge in [-0.1, -0.05) is 81.8 Å². The molecule has 4 aliphatic rings. The van der Waals surface area contributed by atoms with Crippen LogP contribution < -0.4 is 5.32 Å². The number of nitrogens with zero attached hydrogens (tertiary/aromatic N) is 2. The fraction of sp³-hybridized carbons (Fsp3) is 0.588. The Morgan fingerprint density at radius 1 is 1.07 bits per heavy atom. The molecule has 1 spiro atoms. The third-order valence-electron chi connectivity index (χ3n) is 9.57. The molecule has 4 aliphatic heterocycles. The zero-order valence-corrected chi connectivity index (χ0v) is 26.1. The Balaban J connectivity index is 1.60. The normalized spacial score (nSPS) is 32.9. The molecule has 10 heteroatoms. The summed E-state index contributed by atoms with van der Waals surface area (Å²) in [6, 6.07) is 7.31. The molecule has 3 amide bonds. The van der Waals surface area contributed by atoms with Crippen LogP contribution in [0.2, 0.25) is 0 Å². The lowest BCUT2D eigenvalue weighted by atomic mass is 9.74. The molecule has 1 aromatic rings. The number of amides is 3. The van der Waals surface area contributed by atoms with Crippen LogP contribution in [0.15, 0.2) is 54.6 Å². The number of aliphatic hydroxyl groups is 1. The zero-order valence-electron chi connectivity index (χ0n) is 26.1. The third kappa shape index (κ3) is 5.70. The van der Waals surface area contributed by atoms with Crippen molar-refractivity contribution in [3.63, 3.8) is 0 Å². The first-order chi connectivity index (χ1) is 21.1. The fourth-order valence-electron chi connectivity index (χ4n) is 7.28. The van der Waals surface area contributed by atoms with E-state index in [1.807, 2.05) is 63.3 Å². The molecule has 0 radical (unpaired) electrons. The molecule has 0 aromatic heterocycles. The molecule has 0 aliphatic carbocycles. The lowest BCUT2D eigenvalue weighted by molar-refractivity contribution is -0.161. The number of cyclic esters (lactones) is 1. The van der Waals surface area contributed by atoms with Gasteiger partial charge in [0, 0.05) is 19.0 Å². The number of allylic oxidation sites excluding steroid dienone is 1. The van der Waals surface area contributed by atoms with Crippen LogP contribution in [0.3, 0.4) is 0 Å². The Morgan fingerprint density at radius 2 is 1.82 bits per heavy atom. The van der Waals surface area contributed by atoms with Gasteiger partial charge in [-0.2, -0.15) is 0 Å². The van der Waals surface area contributed by atoms with Crippen LogP contribution in [-0.4, -0.2) is 88.1 Å². The smallest absolute Gasteiger partial charge is 0.313 e. The van der Waals surface area contributed by atoms with Crippen LogP contribution in [0.5, 0.6) is 0 Å². The Hall–Kier alpha value is -3.50. The van der Waals surface area contributed by atoms with Gasteiger partial charge in [0.05, 0.1) is 31.2 Å². The van der Waals surface area contributed by atoms with Crippen molar-refractivity contribution in [3.05, 3.63) is 60.2 Å². The Labute approximate surface area is 259 Å². The minimum atomic E-state index is -1.37. The van der Waals surface area contributed by atoms with Gasteiger partial charge < -0.3 is 29.7 Å². The Morgan fingerprint density at radius 3 is 2.50 bits per heavy atom. The highest BCUT2D eigenvalue weighted by molar-refractivity contribution is 5.99. The predicted molar refractivity (Wildman–Crippen MR) is 163 cm³/mol. The van der Waals surface area contributed by atoms with Crippen molar-refractivity contribution in [1.82, 2.24) is 15.1 Å². The van der Waals surface area contributed by atoms with Gasteiger partial charge in [-0.25, -0.2) is 0 Å². The third-order valence-corrected chi connectivity index (χ3v) is 9.57. The standard InChI is InChI=1S/C34H45N3O7/c1-5-12-22(4)36-18-11-7-10-15-27(39)35-19-26(23-13-8-6-9-14-23)43-33(42)28-25-16-17-34(44-25)29(28)31(40)37(30(34)32(36)41)24(20-38)21(2)3/h6-9,11,13-14,16-17,21-22,24-26,28-30,38H,5,10,12,15,18-20H2,1-4H3,(H,35,39)/b11-7-/t22?,24-,25-,26-,28+,29+,30-,34+/m0/s1. The molecule has 1 aromatic carbocycles. The molecular weight excluding hydrogens is 562 g/mol. The number of benzene rings is 1. The van der Waals surface area contributed by atoms with E-state index in [0.717, 1.165) is 12.8 Å². The highest BCUT2D eigenvalue weighted by Crippen LogP contribution is 2.56. The molecule has 238 valence electrons. The molecule has 2 fully saturated rings. The van der Waals surface area contributed by atoms with E-state index in [-0.39, 0.29) is 43.3 Å². The van der Waals surface area contributed by atoms with Crippen molar-refractivity contribution in [1.29, 1.82) is 0 Å². The van der Waals surface area contributed by atoms with Crippen LogP contribution in [0.4, 0.5) is 0 Å². The summed E-state index contributed by atoms with van der Waals surface area (Å²) in [4.78, 5) is 59.2. The summed E-state index contributed by atoms with van der Waals surface area (Å²) in [5.74, 6) is -3.62. The maximum absolute atomic E-state index is 14.7. The number of hydrogen-bond acceptors (Lipinski definition) is 7. The molecular formula is C34H45N3O7. The fourth-order valence-corrected chi connectivity index (χ4v) is 7.28. The largest absolute Gasteiger partial charge is 0.455 e. The zero-order chi connectivity index (χ0) is 31.6. The van der Waals surface area contributed by atoms with Crippen molar-refractivity contribution >= 4 is 23.7 Å². The van der Waals surface area contributed by atoms with Gasteiger partial charge in [-0.15, -0.1) is 0 Å². The molecule has 5 bridgehead atoms. The second kappa shape index (κ2) is 13.2. The van der Waals surface area contributed by atoms with E-state index < -0.39 is 53.6 Å². The van der Waals surface area contributed by atoms with E-state index in [1.54, 1.807) is 17.1 Å². The number of fused-ring (bicyclic) bond motifs is 2. The minimum Gasteiger partial charge on any atom is -0.455 e. The quantitative estimate of drug-likeness (QED) is 0.361. The number of carbonyl (C=O) groups excluding carboxylic acids is 4. The number of hydrogen-bond donors (Lipinski definition) is 2. The predicted octanol–water partition coefficient (Wildman–Crippen LogP) is 2.92. The van der Waals surface area contributed by atoms with E-state index in [0.29, 0.717) is 18.5 Å². The minimum absolute atomic E-state index is 0.0750. The molecule has 0 saturated carbocycles. The Kier molecular flexibility index (Phi) is 9.60. The van der Waals surface area contributed by atoms with Crippen molar-refractivity contribution in [2.75, 3.05) is 19.7 Å². The van der Waals surface area contributed by atoms with Crippen LogP contribution in [-0.2, 0) is 28.7 Å². The number of nitrogens with one attached hydrogen (secondary N) is 1. The maximum atomic E-state index is 14.7. The van der Waals surface area contributed by atoms with Gasteiger partial charge in [0.25, 0.3) is 0 Å². The summed E-state index contributed by atoms with van der Waals surface area (Å²) in [6.07, 6.45) is 8.12. The summed E-state index contributed by atoms with van der Waals surface area (Å²) in [5, 5.41) is 13.4. The summed E-state index contributed by atoms with van der Waals surface area (Å²) < 4.78 is 12.6. The number of carbonyl (C=O) groups is 4. The highest BCUT2D eigenvalue weighted by Gasteiger charge is 2.74. The number of ether oxygens (including phenoxy) is 2. The summed E-state index contributed by atoms with van der Waals surface area (Å²) >= 11 is 0. The second-order valence-electron chi connectivity index (χ2n) is 12.7. The van der Waals surface area contributed by atoms with Gasteiger partial charge >= 0.3 is 5.97 Å². The average molecular weight is 608 g/mol. The SMILES string of the molecule is CCCC(C)N1C/C=C\CCC(=O)NC[C@@H](c2ccccc2)OC(=O)[C@@H]2[C@@H]3C=C[C@]4(O3)[C@H](C1=O)N([C@@H](CO)C(C)C)C(=O)[C@@H]24. The van der Waals surface area contributed by atoms with E-state index >= 15 is 0 Å². The summed E-state index contributed by atoms with van der Waals surface area (Å²) in [6.45, 7) is 7.88. The van der Waals surface area contributed by atoms with Gasteiger partial charge in [0.2, 0.25) is 17.7 Å². The number of likely N-dealkylation sites (tertiary alicyclic amines) is 1. The van der Waals surface area contributed by atoms with Crippen molar-refractivity contribution in [3.8, 4) is 0 Å². The number of rotatable bonds is 7. The molecule has 4 heterocycles. The number of esters is 1. The molecule has 5 rings (SSSR count). The van der Waals surface area contributed by atoms with E-state index in [2.05, 4.69) is 12.2 Å². The van der Waals surface area contributed by atoms with Gasteiger partial charge in [-0.3, -0.25) is 19.2 Å². The van der Waals surface area contributed by atoms with E-state index in [9.17, 15) is 24.3 Å². The second-order valence-corrected chi connectivity index (χ2v) is 12.7. The molecule has 1 unspecified atom stereocenters. The van der Waals surface area contributed by atoms with Crippen molar-refractivity contribution in [2.45, 2.75) is 89.3 Å². The molecule has 2 N–H and O–H groups in total.